The normalized spacial score (nSPS) is 13.1. The monoisotopic (exact) mass is 246 g/mol. The van der Waals surface area contributed by atoms with Crippen LogP contribution in [0.5, 0.6) is 11.5 Å². The highest BCUT2D eigenvalue weighted by Crippen LogP contribution is 2.32. The van der Waals surface area contributed by atoms with Gasteiger partial charge in [-0.25, -0.2) is 0 Å². The largest absolute Gasteiger partial charge is 0.486 e. The van der Waals surface area contributed by atoms with E-state index in [0.29, 0.717) is 30.4 Å². The lowest BCUT2D eigenvalue weighted by atomic mass is 10.2. The molecule has 0 aliphatic carbocycles. The molecule has 7 nitrogen and oxygen atoms in total. The van der Waals surface area contributed by atoms with Gasteiger partial charge in [0, 0.05) is 11.8 Å². The molecule has 0 saturated heterocycles. The Kier molecular flexibility index (Phi) is 2.56. The molecule has 1 aliphatic heterocycles. The standard InChI is InChI=1S/C11H10N4O3/c16-11(8-6-12-15-14-8)13-7-1-2-9-10(5-7)18-4-3-17-9/h1-2,5-6H,3-4H2,(H,13,16)(H,12,14,15). The van der Waals surface area contributed by atoms with Crippen molar-refractivity contribution in [3.63, 3.8) is 0 Å². The topological polar surface area (TPSA) is 89.1 Å². The number of carbonyl (C=O) groups excluding carboxylic acids is 1. The van der Waals surface area contributed by atoms with E-state index in [-0.39, 0.29) is 11.6 Å². The number of hydrogen-bond donors (Lipinski definition) is 2. The molecule has 2 aromatic rings. The van der Waals surface area contributed by atoms with E-state index >= 15 is 0 Å². The van der Waals surface area contributed by atoms with Crippen molar-refractivity contribution in [2.75, 3.05) is 18.5 Å². The number of carbonyl (C=O) groups is 1. The number of ether oxygens (including phenoxy) is 2. The maximum Gasteiger partial charge on any atom is 0.277 e. The van der Waals surface area contributed by atoms with Crippen LogP contribution < -0.4 is 14.8 Å². The SMILES string of the molecule is O=C(Nc1ccc2c(c1)OCCO2)c1cn[nH]n1. The van der Waals surface area contributed by atoms with Crippen molar-refractivity contribution in [2.24, 2.45) is 0 Å². The summed E-state index contributed by atoms with van der Waals surface area (Å²) in [7, 11) is 0. The molecule has 1 aromatic heterocycles. The molecule has 1 aromatic carbocycles. The molecule has 0 radical (unpaired) electrons. The van der Waals surface area contributed by atoms with Gasteiger partial charge in [0.15, 0.2) is 17.2 Å². The summed E-state index contributed by atoms with van der Waals surface area (Å²) in [5.74, 6) is 0.973. The molecule has 0 unspecified atom stereocenters. The number of nitrogens with one attached hydrogen (secondary N) is 2. The molecule has 0 saturated carbocycles. The van der Waals surface area contributed by atoms with Crippen LogP contribution >= 0.6 is 0 Å². The summed E-state index contributed by atoms with van der Waals surface area (Å²) in [6.45, 7) is 1.05. The van der Waals surface area contributed by atoms with E-state index < -0.39 is 0 Å². The second kappa shape index (κ2) is 4.36. The van der Waals surface area contributed by atoms with E-state index in [4.69, 9.17) is 9.47 Å². The third-order valence-corrected chi connectivity index (χ3v) is 2.45. The summed E-state index contributed by atoms with van der Waals surface area (Å²) in [5.41, 5.74) is 0.845. The Morgan fingerprint density at radius 3 is 2.89 bits per heavy atom. The molecule has 2 N–H and O–H groups in total. The first-order chi connectivity index (χ1) is 8.83. The van der Waals surface area contributed by atoms with Crippen LogP contribution in [0.2, 0.25) is 0 Å². The Morgan fingerprint density at radius 2 is 2.11 bits per heavy atom. The fraction of sp³-hybridized carbons (Fsp3) is 0.182. The van der Waals surface area contributed by atoms with E-state index in [1.165, 1.54) is 6.20 Å². The zero-order chi connectivity index (χ0) is 12.4. The van der Waals surface area contributed by atoms with Crippen molar-refractivity contribution in [2.45, 2.75) is 0 Å². The van der Waals surface area contributed by atoms with Gasteiger partial charge in [0.25, 0.3) is 5.91 Å². The predicted molar refractivity (Wildman–Crippen MR) is 61.8 cm³/mol. The van der Waals surface area contributed by atoms with Crippen LogP contribution in [0.1, 0.15) is 10.5 Å². The molecule has 1 amide bonds. The lowest BCUT2D eigenvalue weighted by Gasteiger charge is -2.18. The number of aromatic nitrogens is 3. The minimum Gasteiger partial charge on any atom is -0.486 e. The second-order valence-corrected chi connectivity index (χ2v) is 3.67. The number of H-pyrrole nitrogens is 1. The van der Waals surface area contributed by atoms with Gasteiger partial charge in [-0.2, -0.15) is 15.4 Å². The molecule has 3 rings (SSSR count). The number of benzene rings is 1. The average molecular weight is 246 g/mol. The average Bonchev–Trinajstić information content (AvgIpc) is 2.92. The third-order valence-electron chi connectivity index (χ3n) is 2.45. The second-order valence-electron chi connectivity index (χ2n) is 3.67. The van der Waals surface area contributed by atoms with Gasteiger partial charge in [-0.05, 0) is 12.1 Å². The quantitative estimate of drug-likeness (QED) is 0.819. The van der Waals surface area contributed by atoms with Gasteiger partial charge in [-0.3, -0.25) is 4.79 Å². The van der Waals surface area contributed by atoms with Gasteiger partial charge in [-0.15, -0.1) is 0 Å². The van der Waals surface area contributed by atoms with Crippen molar-refractivity contribution >= 4 is 11.6 Å². The minimum absolute atomic E-state index is 0.227. The molecule has 92 valence electrons. The van der Waals surface area contributed by atoms with E-state index in [9.17, 15) is 4.79 Å². The highest BCUT2D eigenvalue weighted by atomic mass is 16.6. The molecule has 1 aliphatic rings. The number of amides is 1. The van der Waals surface area contributed by atoms with Crippen molar-refractivity contribution in [3.8, 4) is 11.5 Å². The van der Waals surface area contributed by atoms with Crippen LogP contribution in [-0.4, -0.2) is 34.5 Å². The maximum atomic E-state index is 11.7. The molecule has 0 spiro atoms. The molecular formula is C11H10N4O3. The molecule has 0 fully saturated rings. The summed E-state index contributed by atoms with van der Waals surface area (Å²) in [4.78, 5) is 11.7. The number of fused-ring (bicyclic) bond motifs is 1. The Morgan fingerprint density at radius 1 is 1.28 bits per heavy atom. The first-order valence-electron chi connectivity index (χ1n) is 5.40. The maximum absolute atomic E-state index is 11.7. The zero-order valence-corrected chi connectivity index (χ0v) is 9.34. The third kappa shape index (κ3) is 1.97. The highest BCUT2D eigenvalue weighted by Gasteiger charge is 2.14. The first-order valence-corrected chi connectivity index (χ1v) is 5.40. The number of anilines is 1. The number of rotatable bonds is 2. The highest BCUT2D eigenvalue weighted by molar-refractivity contribution is 6.02. The van der Waals surface area contributed by atoms with Gasteiger partial charge >= 0.3 is 0 Å². The molecule has 2 heterocycles. The van der Waals surface area contributed by atoms with Crippen LogP contribution in [0.25, 0.3) is 0 Å². The minimum atomic E-state index is -0.333. The van der Waals surface area contributed by atoms with Gasteiger partial charge < -0.3 is 14.8 Å². The smallest absolute Gasteiger partial charge is 0.277 e. The summed E-state index contributed by atoms with van der Waals surface area (Å²) < 4.78 is 10.8. The van der Waals surface area contributed by atoms with Crippen molar-refractivity contribution < 1.29 is 14.3 Å². The fourth-order valence-electron chi connectivity index (χ4n) is 1.63. The van der Waals surface area contributed by atoms with Gasteiger partial charge in [0.1, 0.15) is 13.2 Å². The van der Waals surface area contributed by atoms with Crippen LogP contribution in [-0.2, 0) is 0 Å². The lowest BCUT2D eigenvalue weighted by Crippen LogP contribution is -2.16. The predicted octanol–water partition coefficient (Wildman–Crippen LogP) is 0.828. The summed E-state index contributed by atoms with van der Waals surface area (Å²) in [6, 6.07) is 5.21. The van der Waals surface area contributed by atoms with E-state index in [1.807, 2.05) is 0 Å². The number of hydrogen-bond acceptors (Lipinski definition) is 5. The molecular weight excluding hydrogens is 236 g/mol. The molecule has 0 atom stereocenters. The van der Waals surface area contributed by atoms with Gasteiger partial charge in [0.05, 0.1) is 6.20 Å². The van der Waals surface area contributed by atoms with Crippen molar-refractivity contribution in [3.05, 3.63) is 30.1 Å². The summed E-state index contributed by atoms with van der Waals surface area (Å²) in [6.07, 6.45) is 1.35. The first kappa shape index (κ1) is 10.6. The van der Waals surface area contributed by atoms with Crippen LogP contribution in [0.15, 0.2) is 24.4 Å². The zero-order valence-electron chi connectivity index (χ0n) is 9.34. The van der Waals surface area contributed by atoms with Gasteiger partial charge in [-0.1, -0.05) is 0 Å². The Hall–Kier alpha value is -2.57. The van der Waals surface area contributed by atoms with Crippen molar-refractivity contribution in [1.29, 1.82) is 0 Å². The Balaban J connectivity index is 1.79. The number of nitrogens with zero attached hydrogens (tertiary/aromatic N) is 2. The van der Waals surface area contributed by atoms with Crippen LogP contribution in [0.3, 0.4) is 0 Å². The fourth-order valence-corrected chi connectivity index (χ4v) is 1.63. The van der Waals surface area contributed by atoms with E-state index in [1.54, 1.807) is 18.2 Å². The van der Waals surface area contributed by atoms with Gasteiger partial charge in [0.2, 0.25) is 0 Å². The molecule has 7 heteroatoms. The lowest BCUT2D eigenvalue weighted by molar-refractivity contribution is 0.102. The van der Waals surface area contributed by atoms with E-state index in [0.717, 1.165) is 0 Å². The van der Waals surface area contributed by atoms with Crippen LogP contribution in [0, 0.1) is 0 Å². The molecule has 0 bridgehead atoms. The summed E-state index contributed by atoms with van der Waals surface area (Å²) in [5, 5.41) is 12.3. The Labute approximate surface area is 102 Å². The van der Waals surface area contributed by atoms with E-state index in [2.05, 4.69) is 20.7 Å². The summed E-state index contributed by atoms with van der Waals surface area (Å²) >= 11 is 0. The number of aromatic amines is 1. The molecule has 18 heavy (non-hydrogen) atoms. The van der Waals surface area contributed by atoms with Crippen LogP contribution in [0.4, 0.5) is 5.69 Å². The Bertz CT molecular complexity index is 568. The van der Waals surface area contributed by atoms with Crippen molar-refractivity contribution in [1.82, 2.24) is 15.4 Å².